The Morgan fingerprint density at radius 2 is 1.72 bits per heavy atom. The summed E-state index contributed by atoms with van der Waals surface area (Å²) in [5.74, 6) is -0.782. The lowest BCUT2D eigenvalue weighted by atomic mass is 10.1. The topological polar surface area (TPSA) is 88.6 Å². The van der Waals surface area contributed by atoms with Gasteiger partial charge in [0.15, 0.2) is 17.4 Å². The van der Waals surface area contributed by atoms with E-state index in [1.165, 1.54) is 19.2 Å². The van der Waals surface area contributed by atoms with Crippen molar-refractivity contribution in [3.8, 4) is 5.75 Å². The van der Waals surface area contributed by atoms with Gasteiger partial charge in [0.25, 0.3) is 0 Å². The molecule has 0 unspecified atom stereocenters. The Morgan fingerprint density at radius 1 is 1.00 bits per heavy atom. The molecule has 1 aliphatic heterocycles. The van der Waals surface area contributed by atoms with Gasteiger partial charge in [0.2, 0.25) is 5.95 Å². The highest BCUT2D eigenvalue weighted by atomic mass is 31.2. The van der Waals surface area contributed by atoms with Gasteiger partial charge < -0.3 is 29.6 Å². The van der Waals surface area contributed by atoms with Crippen molar-refractivity contribution in [1.29, 1.82) is 0 Å². The second-order valence-corrected chi connectivity index (χ2v) is 12.1. The minimum absolute atomic E-state index is 0.0847. The maximum Gasteiger partial charge on any atom is 0.229 e. The van der Waals surface area contributed by atoms with Crippen molar-refractivity contribution in [3.05, 3.63) is 54.2 Å². The van der Waals surface area contributed by atoms with E-state index in [-0.39, 0.29) is 17.9 Å². The molecule has 0 aliphatic carbocycles. The third-order valence-electron chi connectivity index (χ3n) is 6.11. The molecule has 192 valence electrons. The molecule has 3 aromatic rings. The highest BCUT2D eigenvalue weighted by molar-refractivity contribution is 7.70. The van der Waals surface area contributed by atoms with Crippen LogP contribution in [0.1, 0.15) is 12.8 Å². The summed E-state index contributed by atoms with van der Waals surface area (Å²) < 4.78 is 53.2. The fourth-order valence-corrected chi connectivity index (χ4v) is 5.43. The molecular formula is C25H30F2N5O3P. The van der Waals surface area contributed by atoms with E-state index in [9.17, 15) is 13.3 Å². The molecule has 36 heavy (non-hydrogen) atoms. The molecule has 1 saturated heterocycles. The van der Waals surface area contributed by atoms with E-state index in [2.05, 4.69) is 20.6 Å². The van der Waals surface area contributed by atoms with Gasteiger partial charge in [-0.2, -0.15) is 4.98 Å². The standard InChI is InChI=1S/C25H30F2N5O3P/c1-34-16-11-13-32(14-12-16)22-17(26)9-10-20(23(22)35-2)30-25-28-15-18(27)24(31-25)29-19-7-5-6-8-21(19)36(3,4)33/h5-10,15-16H,11-14H2,1-4H3,(H2,28,29,30,31). The molecule has 2 aromatic carbocycles. The van der Waals surface area contributed by atoms with E-state index in [0.717, 1.165) is 19.0 Å². The fourth-order valence-electron chi connectivity index (χ4n) is 4.27. The van der Waals surface area contributed by atoms with E-state index in [0.29, 0.717) is 41.2 Å². The number of halogens is 2. The van der Waals surface area contributed by atoms with Crippen LogP contribution in [-0.2, 0) is 9.30 Å². The first-order valence-corrected chi connectivity index (χ1v) is 14.2. The number of aromatic nitrogens is 2. The summed E-state index contributed by atoms with van der Waals surface area (Å²) in [6, 6.07) is 9.87. The van der Waals surface area contributed by atoms with Crippen LogP contribution >= 0.6 is 7.14 Å². The predicted octanol–water partition coefficient (Wildman–Crippen LogP) is 5.11. The van der Waals surface area contributed by atoms with Crippen molar-refractivity contribution in [3.63, 3.8) is 0 Å². The number of nitrogens with zero attached hydrogens (tertiary/aromatic N) is 3. The lowest BCUT2D eigenvalue weighted by Gasteiger charge is -2.34. The van der Waals surface area contributed by atoms with Crippen LogP contribution in [0.3, 0.4) is 0 Å². The maximum absolute atomic E-state index is 14.9. The van der Waals surface area contributed by atoms with Gasteiger partial charge in [-0.15, -0.1) is 0 Å². The first-order valence-electron chi connectivity index (χ1n) is 11.6. The van der Waals surface area contributed by atoms with E-state index in [1.807, 2.05) is 4.90 Å². The van der Waals surface area contributed by atoms with Gasteiger partial charge in [-0.1, -0.05) is 12.1 Å². The van der Waals surface area contributed by atoms with Crippen LogP contribution in [0.2, 0.25) is 0 Å². The third kappa shape index (κ3) is 5.60. The molecule has 8 nitrogen and oxygen atoms in total. The van der Waals surface area contributed by atoms with Crippen molar-refractivity contribution in [2.45, 2.75) is 18.9 Å². The van der Waals surface area contributed by atoms with Crippen molar-refractivity contribution in [1.82, 2.24) is 9.97 Å². The Morgan fingerprint density at radius 3 is 2.39 bits per heavy atom. The first-order chi connectivity index (χ1) is 17.2. The van der Waals surface area contributed by atoms with E-state index >= 15 is 0 Å². The number of hydrogen-bond acceptors (Lipinski definition) is 8. The Labute approximate surface area is 209 Å². The zero-order valence-electron chi connectivity index (χ0n) is 20.7. The van der Waals surface area contributed by atoms with Gasteiger partial charge >= 0.3 is 0 Å². The number of ether oxygens (including phenoxy) is 2. The molecule has 4 rings (SSSR count). The first kappa shape index (κ1) is 25.9. The number of hydrogen-bond donors (Lipinski definition) is 2. The molecular weight excluding hydrogens is 487 g/mol. The predicted molar refractivity (Wildman–Crippen MR) is 139 cm³/mol. The van der Waals surface area contributed by atoms with E-state index in [1.54, 1.807) is 44.7 Å². The normalized spacial score (nSPS) is 14.6. The molecule has 0 saturated carbocycles. The summed E-state index contributed by atoms with van der Waals surface area (Å²) in [7, 11) is 0.523. The third-order valence-corrected chi connectivity index (χ3v) is 7.66. The molecule has 0 amide bonds. The fraction of sp³-hybridized carbons (Fsp3) is 0.360. The summed E-state index contributed by atoms with van der Waals surface area (Å²) in [4.78, 5) is 10.2. The van der Waals surface area contributed by atoms with Crippen LogP contribution in [0.5, 0.6) is 5.75 Å². The van der Waals surface area contributed by atoms with Gasteiger partial charge in [-0.25, -0.2) is 13.8 Å². The van der Waals surface area contributed by atoms with Crippen LogP contribution in [0, 0.1) is 11.6 Å². The summed E-state index contributed by atoms with van der Waals surface area (Å²) in [5.41, 5.74) is 1.27. The van der Waals surface area contributed by atoms with Crippen molar-refractivity contribution < 1.29 is 22.8 Å². The Bertz CT molecular complexity index is 1280. The highest BCUT2D eigenvalue weighted by Gasteiger charge is 2.26. The minimum Gasteiger partial charge on any atom is -0.492 e. The van der Waals surface area contributed by atoms with Crippen LogP contribution in [0.25, 0.3) is 0 Å². The number of methoxy groups -OCH3 is 2. The SMILES string of the molecule is COc1c(Nc2ncc(F)c(Nc3ccccc3P(C)(C)=O)n2)ccc(F)c1N1CCC(OC)CC1. The van der Waals surface area contributed by atoms with Gasteiger partial charge in [0, 0.05) is 25.5 Å². The van der Waals surface area contributed by atoms with Gasteiger partial charge in [-0.3, -0.25) is 0 Å². The molecule has 1 aromatic heterocycles. The average Bonchev–Trinajstić information content (AvgIpc) is 2.86. The number of benzene rings is 2. The molecule has 1 fully saturated rings. The van der Waals surface area contributed by atoms with Crippen molar-refractivity contribution >= 4 is 41.3 Å². The second kappa shape index (κ2) is 10.8. The molecule has 0 bridgehead atoms. The Hall–Kier alpha value is -3.23. The summed E-state index contributed by atoms with van der Waals surface area (Å²) >= 11 is 0. The monoisotopic (exact) mass is 517 g/mol. The minimum atomic E-state index is -2.62. The molecule has 1 aliphatic rings. The van der Waals surface area contributed by atoms with Crippen LogP contribution in [0.15, 0.2) is 42.6 Å². The van der Waals surface area contributed by atoms with Crippen LogP contribution < -0.4 is 25.6 Å². The Kier molecular flexibility index (Phi) is 7.76. The number of para-hydroxylation sites is 1. The summed E-state index contributed by atoms with van der Waals surface area (Å²) in [6.45, 7) is 4.53. The largest absolute Gasteiger partial charge is 0.492 e. The molecule has 0 spiro atoms. The summed E-state index contributed by atoms with van der Waals surface area (Å²) in [5, 5.41) is 6.54. The van der Waals surface area contributed by atoms with Crippen molar-refractivity contribution in [2.24, 2.45) is 0 Å². The number of anilines is 5. The second-order valence-electron chi connectivity index (χ2n) is 8.91. The number of rotatable bonds is 8. The maximum atomic E-state index is 14.9. The zero-order chi connectivity index (χ0) is 25.9. The number of piperidine rings is 1. The van der Waals surface area contributed by atoms with E-state index < -0.39 is 18.8 Å². The summed E-state index contributed by atoms with van der Waals surface area (Å²) in [6.07, 6.45) is 2.73. The van der Waals surface area contributed by atoms with Gasteiger partial charge in [-0.05, 0) is 50.4 Å². The molecule has 2 heterocycles. The van der Waals surface area contributed by atoms with E-state index in [4.69, 9.17) is 9.47 Å². The molecule has 0 atom stereocenters. The quantitative estimate of drug-likeness (QED) is 0.399. The zero-order valence-corrected chi connectivity index (χ0v) is 21.6. The van der Waals surface area contributed by atoms with Crippen molar-refractivity contribution in [2.75, 3.05) is 56.2 Å². The molecule has 0 radical (unpaired) electrons. The van der Waals surface area contributed by atoms with Gasteiger partial charge in [0.05, 0.1) is 30.8 Å². The molecule has 11 heteroatoms. The molecule has 2 N–H and O–H groups in total. The van der Waals surface area contributed by atoms with Crippen LogP contribution in [-0.4, -0.2) is 56.7 Å². The number of nitrogens with one attached hydrogen (secondary N) is 2. The smallest absolute Gasteiger partial charge is 0.229 e. The lowest BCUT2D eigenvalue weighted by molar-refractivity contribution is 0.0817. The Balaban J connectivity index is 1.63. The van der Waals surface area contributed by atoms with Crippen LogP contribution in [0.4, 0.5) is 37.6 Å². The lowest BCUT2D eigenvalue weighted by Crippen LogP contribution is -2.37. The highest BCUT2D eigenvalue weighted by Crippen LogP contribution is 2.41. The average molecular weight is 518 g/mol. The van der Waals surface area contributed by atoms with Gasteiger partial charge in [0.1, 0.15) is 18.6 Å².